The third kappa shape index (κ3) is 4.58. The van der Waals surface area contributed by atoms with Crippen molar-refractivity contribution in [2.24, 2.45) is 0 Å². The van der Waals surface area contributed by atoms with Gasteiger partial charge in [0.1, 0.15) is 5.75 Å². The van der Waals surface area contributed by atoms with Crippen molar-refractivity contribution in [2.75, 3.05) is 5.32 Å². The highest BCUT2D eigenvalue weighted by Gasteiger charge is 2.18. The Kier molecular flexibility index (Phi) is 5.83. The number of hydrogen-bond acceptors (Lipinski definition) is 2. The van der Waals surface area contributed by atoms with Gasteiger partial charge in [-0.05, 0) is 49.1 Å². The van der Waals surface area contributed by atoms with Gasteiger partial charge in [-0.25, -0.2) is 0 Å². The van der Waals surface area contributed by atoms with Crippen LogP contribution in [0.5, 0.6) is 5.75 Å². The minimum absolute atomic E-state index is 0.152. The Balaban J connectivity index is 2.13. The van der Waals surface area contributed by atoms with E-state index in [1.54, 1.807) is 6.92 Å². The van der Waals surface area contributed by atoms with Gasteiger partial charge in [-0.2, -0.15) is 0 Å². The Morgan fingerprint density at radius 2 is 1.83 bits per heavy atom. The maximum absolute atomic E-state index is 12.5. The van der Waals surface area contributed by atoms with E-state index in [0.717, 1.165) is 21.3 Å². The van der Waals surface area contributed by atoms with E-state index < -0.39 is 6.10 Å². The second-order valence-electron chi connectivity index (χ2n) is 5.90. The van der Waals surface area contributed by atoms with Gasteiger partial charge in [0.15, 0.2) is 6.10 Å². The number of rotatable bonds is 5. The van der Waals surface area contributed by atoms with Crippen molar-refractivity contribution in [2.45, 2.75) is 39.7 Å². The van der Waals surface area contributed by atoms with Crippen molar-refractivity contribution in [1.29, 1.82) is 0 Å². The molecule has 0 radical (unpaired) electrons. The predicted molar refractivity (Wildman–Crippen MR) is 98.1 cm³/mol. The highest BCUT2D eigenvalue weighted by atomic mass is 79.9. The average Bonchev–Trinajstić information content (AvgIpc) is 2.48. The lowest BCUT2D eigenvalue weighted by atomic mass is 9.98. The zero-order valence-corrected chi connectivity index (χ0v) is 15.5. The minimum Gasteiger partial charge on any atom is -0.481 e. The van der Waals surface area contributed by atoms with Crippen LogP contribution in [0.4, 0.5) is 5.69 Å². The summed E-state index contributed by atoms with van der Waals surface area (Å²) < 4.78 is 6.65. The van der Waals surface area contributed by atoms with Crippen LogP contribution in [0.15, 0.2) is 46.9 Å². The third-order valence-electron chi connectivity index (χ3n) is 3.65. The van der Waals surface area contributed by atoms with Gasteiger partial charge in [0, 0.05) is 10.2 Å². The molecule has 0 fully saturated rings. The smallest absolute Gasteiger partial charge is 0.265 e. The Labute approximate surface area is 146 Å². The minimum atomic E-state index is -0.580. The number of carbonyl (C=O) groups excluding carboxylic acids is 1. The molecule has 23 heavy (non-hydrogen) atoms. The number of halogens is 1. The van der Waals surface area contributed by atoms with Gasteiger partial charge in [-0.15, -0.1) is 0 Å². The van der Waals surface area contributed by atoms with Crippen LogP contribution < -0.4 is 10.1 Å². The first-order chi connectivity index (χ1) is 10.9. The zero-order chi connectivity index (χ0) is 17.0. The van der Waals surface area contributed by atoms with Crippen molar-refractivity contribution < 1.29 is 9.53 Å². The number of para-hydroxylation sites is 1. The van der Waals surface area contributed by atoms with Gasteiger partial charge in [-0.3, -0.25) is 4.79 Å². The molecule has 0 spiro atoms. The molecular weight excluding hydrogens is 354 g/mol. The number of hydrogen-bond donors (Lipinski definition) is 1. The van der Waals surface area contributed by atoms with Crippen LogP contribution in [-0.2, 0) is 4.79 Å². The highest BCUT2D eigenvalue weighted by Crippen LogP contribution is 2.28. The molecule has 3 nitrogen and oxygen atoms in total. The Bertz CT molecular complexity index is 698. The van der Waals surface area contributed by atoms with Crippen molar-refractivity contribution in [3.63, 3.8) is 0 Å². The lowest BCUT2D eigenvalue weighted by Crippen LogP contribution is -2.30. The number of benzene rings is 2. The Hall–Kier alpha value is -1.81. The van der Waals surface area contributed by atoms with Crippen molar-refractivity contribution in [3.8, 4) is 5.75 Å². The number of amides is 1. The fourth-order valence-corrected chi connectivity index (χ4v) is 2.74. The van der Waals surface area contributed by atoms with Crippen LogP contribution in [-0.4, -0.2) is 12.0 Å². The fraction of sp³-hybridized carbons (Fsp3) is 0.316. The van der Waals surface area contributed by atoms with Gasteiger partial charge < -0.3 is 10.1 Å². The maximum Gasteiger partial charge on any atom is 0.265 e. The molecule has 4 heteroatoms. The van der Waals surface area contributed by atoms with Crippen LogP contribution in [0.25, 0.3) is 0 Å². The van der Waals surface area contributed by atoms with E-state index in [-0.39, 0.29) is 5.91 Å². The molecule has 0 heterocycles. The number of anilines is 1. The van der Waals surface area contributed by atoms with E-state index in [1.165, 1.54) is 0 Å². The molecule has 1 unspecified atom stereocenters. The van der Waals surface area contributed by atoms with Crippen LogP contribution in [0, 0.1) is 6.92 Å². The van der Waals surface area contributed by atoms with E-state index in [0.29, 0.717) is 11.7 Å². The van der Waals surface area contributed by atoms with Crippen LogP contribution in [0.1, 0.15) is 37.8 Å². The molecule has 0 aromatic heterocycles. The summed E-state index contributed by atoms with van der Waals surface area (Å²) in [6, 6.07) is 13.5. The van der Waals surface area contributed by atoms with Gasteiger partial charge in [0.05, 0.1) is 0 Å². The molecule has 2 aromatic rings. The molecular formula is C19H22BrNO2. The molecule has 0 aliphatic rings. The second-order valence-corrected chi connectivity index (χ2v) is 6.82. The van der Waals surface area contributed by atoms with Crippen LogP contribution in [0.2, 0.25) is 0 Å². The second kappa shape index (κ2) is 7.64. The van der Waals surface area contributed by atoms with Crippen molar-refractivity contribution in [1.82, 2.24) is 0 Å². The molecule has 2 aromatic carbocycles. The van der Waals surface area contributed by atoms with Gasteiger partial charge in [0.2, 0.25) is 0 Å². The molecule has 0 saturated heterocycles. The van der Waals surface area contributed by atoms with Crippen LogP contribution >= 0.6 is 15.9 Å². The van der Waals surface area contributed by atoms with E-state index in [4.69, 9.17) is 4.74 Å². The molecule has 0 saturated carbocycles. The summed E-state index contributed by atoms with van der Waals surface area (Å²) >= 11 is 3.40. The van der Waals surface area contributed by atoms with Gasteiger partial charge in [-0.1, -0.05) is 54.0 Å². The maximum atomic E-state index is 12.5. The SMILES string of the molecule is Cc1cccc(C(C)C)c1NC(=O)C(C)Oc1cccc(Br)c1. The molecule has 0 aliphatic carbocycles. The summed E-state index contributed by atoms with van der Waals surface area (Å²) in [6.45, 7) is 7.99. The molecule has 1 atom stereocenters. The quantitative estimate of drug-likeness (QED) is 0.770. The third-order valence-corrected chi connectivity index (χ3v) is 4.15. The molecule has 0 aliphatic heterocycles. The standard InChI is InChI=1S/C19H22BrNO2/c1-12(2)17-10-5-7-13(3)18(17)21-19(22)14(4)23-16-9-6-8-15(20)11-16/h5-12,14H,1-4H3,(H,21,22). The molecule has 122 valence electrons. The Morgan fingerprint density at radius 3 is 2.48 bits per heavy atom. The van der Waals surface area contributed by atoms with E-state index in [1.807, 2.05) is 49.4 Å². The summed E-state index contributed by atoms with van der Waals surface area (Å²) in [4.78, 5) is 12.5. The topological polar surface area (TPSA) is 38.3 Å². The number of ether oxygens (including phenoxy) is 1. The first-order valence-electron chi connectivity index (χ1n) is 7.71. The van der Waals surface area contributed by atoms with E-state index >= 15 is 0 Å². The average molecular weight is 376 g/mol. The summed E-state index contributed by atoms with van der Waals surface area (Å²) in [7, 11) is 0. The first-order valence-corrected chi connectivity index (χ1v) is 8.50. The van der Waals surface area contributed by atoms with E-state index in [9.17, 15) is 4.79 Å². The lowest BCUT2D eigenvalue weighted by Gasteiger charge is -2.19. The largest absolute Gasteiger partial charge is 0.481 e. The van der Waals surface area contributed by atoms with E-state index in [2.05, 4.69) is 35.1 Å². The summed E-state index contributed by atoms with van der Waals surface area (Å²) in [6.07, 6.45) is -0.580. The number of nitrogens with one attached hydrogen (secondary N) is 1. The summed E-state index contributed by atoms with van der Waals surface area (Å²) in [5.74, 6) is 0.851. The molecule has 2 rings (SSSR count). The highest BCUT2D eigenvalue weighted by molar-refractivity contribution is 9.10. The van der Waals surface area contributed by atoms with Crippen LogP contribution in [0.3, 0.4) is 0 Å². The first kappa shape index (κ1) is 17.5. The molecule has 1 N–H and O–H groups in total. The lowest BCUT2D eigenvalue weighted by molar-refractivity contribution is -0.122. The predicted octanol–water partition coefficient (Wildman–Crippen LogP) is 5.29. The number of carbonyl (C=O) groups is 1. The van der Waals surface area contributed by atoms with Crippen molar-refractivity contribution in [3.05, 3.63) is 58.1 Å². The molecule has 1 amide bonds. The molecule has 0 bridgehead atoms. The zero-order valence-electron chi connectivity index (χ0n) is 13.9. The van der Waals surface area contributed by atoms with Crippen molar-refractivity contribution >= 4 is 27.5 Å². The normalized spacial score (nSPS) is 12.1. The monoisotopic (exact) mass is 375 g/mol. The summed E-state index contributed by atoms with van der Waals surface area (Å²) in [5, 5.41) is 3.02. The summed E-state index contributed by atoms with van der Waals surface area (Å²) in [5.41, 5.74) is 3.07. The fourth-order valence-electron chi connectivity index (χ4n) is 2.37. The Morgan fingerprint density at radius 1 is 1.13 bits per heavy atom. The van der Waals surface area contributed by atoms with Gasteiger partial charge in [0.25, 0.3) is 5.91 Å². The number of aryl methyl sites for hydroxylation is 1. The van der Waals surface area contributed by atoms with Gasteiger partial charge >= 0.3 is 0 Å².